The Kier molecular flexibility index (Phi) is 6.91. The van der Waals surface area contributed by atoms with Crippen molar-refractivity contribution >= 4 is 47.6 Å². The number of hydrogen-bond acceptors (Lipinski definition) is 5. The molecule has 1 aliphatic carbocycles. The molecule has 0 radical (unpaired) electrons. The summed E-state index contributed by atoms with van der Waals surface area (Å²) < 4.78 is 5.14. The summed E-state index contributed by atoms with van der Waals surface area (Å²) in [5, 5.41) is 15.0. The van der Waals surface area contributed by atoms with Crippen LogP contribution in [0.2, 0.25) is 0 Å². The molecule has 2 aliphatic heterocycles. The number of aromatic nitrogens is 3. The first kappa shape index (κ1) is 28.3. The van der Waals surface area contributed by atoms with Gasteiger partial charge in [0.1, 0.15) is 5.92 Å². The predicted molar refractivity (Wildman–Crippen MR) is 165 cm³/mol. The van der Waals surface area contributed by atoms with E-state index >= 15 is 0 Å². The Morgan fingerprint density at radius 1 is 1.07 bits per heavy atom. The first-order valence-corrected chi connectivity index (χ1v) is 14.6. The summed E-state index contributed by atoms with van der Waals surface area (Å²) in [5.41, 5.74) is 9.59. The summed E-state index contributed by atoms with van der Waals surface area (Å²) in [4.78, 5) is 49.4. The van der Waals surface area contributed by atoms with Gasteiger partial charge in [-0.05, 0) is 67.7 Å². The molecular weight excluding hydrogens is 544 g/mol. The van der Waals surface area contributed by atoms with E-state index in [1.54, 1.807) is 0 Å². The number of methoxy groups -OCH3 is 1. The second kappa shape index (κ2) is 10.5. The first-order chi connectivity index (χ1) is 20.6. The van der Waals surface area contributed by atoms with Gasteiger partial charge < -0.3 is 30.1 Å². The number of carbonyl (C=O) groups is 3. The average molecular weight is 581 g/mol. The summed E-state index contributed by atoms with van der Waals surface area (Å²) in [5.74, 6) is -3.40. The molecule has 8 bridgehead atoms. The maximum Gasteiger partial charge on any atom is 0.321 e. The summed E-state index contributed by atoms with van der Waals surface area (Å²) >= 11 is 0. The molecule has 3 aromatic heterocycles. The molecule has 9 nitrogen and oxygen atoms in total. The molecule has 3 aliphatic rings. The van der Waals surface area contributed by atoms with Crippen LogP contribution in [0.1, 0.15) is 82.1 Å². The number of nitrogens with one attached hydrogen (secondary N) is 4. The van der Waals surface area contributed by atoms with Gasteiger partial charge in [-0.2, -0.15) is 0 Å². The fourth-order valence-corrected chi connectivity index (χ4v) is 6.92. The second-order valence-corrected chi connectivity index (χ2v) is 11.6. The maximum absolute atomic E-state index is 14.0. The van der Waals surface area contributed by atoms with Crippen LogP contribution in [0, 0.1) is 31.6 Å². The Labute approximate surface area is 249 Å². The van der Waals surface area contributed by atoms with Gasteiger partial charge >= 0.3 is 11.9 Å². The smallest absolute Gasteiger partial charge is 0.321 e. The van der Waals surface area contributed by atoms with Crippen molar-refractivity contribution in [3.05, 3.63) is 85.3 Å². The molecule has 3 atom stereocenters. The Bertz CT molecular complexity index is 1910. The Morgan fingerprint density at radius 3 is 2.49 bits per heavy atom. The number of ketones is 1. The molecule has 6 rings (SSSR count). The lowest BCUT2D eigenvalue weighted by atomic mass is 9.85. The summed E-state index contributed by atoms with van der Waals surface area (Å²) in [6, 6.07) is 2.13. The largest absolute Gasteiger partial charge is 0.481 e. The van der Waals surface area contributed by atoms with E-state index in [1.165, 1.54) is 7.11 Å². The molecule has 0 spiro atoms. The number of H-pyrrole nitrogens is 3. The van der Waals surface area contributed by atoms with Crippen molar-refractivity contribution in [2.75, 3.05) is 7.11 Å². The third kappa shape index (κ3) is 4.42. The van der Waals surface area contributed by atoms with Crippen LogP contribution in [0.3, 0.4) is 0 Å². The second-order valence-electron chi connectivity index (χ2n) is 11.6. The normalized spacial score (nSPS) is 24.8. The number of Topliss-reactive ketones (excluding diaryl/α,β-unsaturated/α-hetero) is 1. The summed E-state index contributed by atoms with van der Waals surface area (Å²) in [6.45, 7) is 12.1. The third-order valence-electron chi connectivity index (χ3n) is 9.29. The van der Waals surface area contributed by atoms with Gasteiger partial charge in [0.05, 0.1) is 12.8 Å². The molecule has 1 saturated heterocycles. The average Bonchev–Trinajstić information content (AvgIpc) is 3.73. The minimum absolute atomic E-state index is 0.0524. The monoisotopic (exact) mass is 580 g/mol. The van der Waals surface area contributed by atoms with Crippen LogP contribution < -0.4 is 16.0 Å². The van der Waals surface area contributed by atoms with Gasteiger partial charge in [0.2, 0.25) is 0 Å². The summed E-state index contributed by atoms with van der Waals surface area (Å²) in [7, 11) is 1.28. The van der Waals surface area contributed by atoms with Gasteiger partial charge in [0.15, 0.2) is 5.78 Å². The number of esters is 1. The van der Waals surface area contributed by atoms with Crippen molar-refractivity contribution in [1.29, 1.82) is 0 Å². The van der Waals surface area contributed by atoms with E-state index < -0.39 is 17.9 Å². The Morgan fingerprint density at radius 2 is 1.81 bits per heavy atom. The molecule has 1 fully saturated rings. The molecule has 0 amide bonds. The number of hydrogen-bond donors (Lipinski definition) is 5. The van der Waals surface area contributed by atoms with E-state index in [0.717, 1.165) is 62.2 Å². The summed E-state index contributed by atoms with van der Waals surface area (Å²) in [6.07, 6.45) is 9.05. The molecule has 5 N–H and O–H groups in total. The van der Waals surface area contributed by atoms with Crippen LogP contribution in [0.5, 0.6) is 0 Å². The first-order valence-electron chi connectivity index (χ1n) is 14.6. The van der Waals surface area contributed by atoms with Crippen molar-refractivity contribution in [1.82, 2.24) is 20.3 Å². The van der Waals surface area contributed by atoms with E-state index in [2.05, 4.69) is 45.9 Å². The number of fused-ring (bicyclic) bond motifs is 7. The highest BCUT2D eigenvalue weighted by Crippen LogP contribution is 2.48. The van der Waals surface area contributed by atoms with Crippen molar-refractivity contribution < 1.29 is 24.2 Å². The minimum Gasteiger partial charge on any atom is -0.481 e. The highest BCUT2D eigenvalue weighted by Gasteiger charge is 2.48. The van der Waals surface area contributed by atoms with E-state index in [9.17, 15) is 19.5 Å². The molecule has 0 aromatic carbocycles. The van der Waals surface area contributed by atoms with Crippen LogP contribution >= 0.6 is 0 Å². The Hall–Kier alpha value is -4.79. The van der Waals surface area contributed by atoms with E-state index in [0.29, 0.717) is 28.9 Å². The highest BCUT2D eigenvalue weighted by molar-refractivity contribution is 6.24. The number of aryl methyl sites for hydroxylation is 1. The van der Waals surface area contributed by atoms with E-state index in [1.807, 2.05) is 39.0 Å². The predicted octanol–water partition coefficient (Wildman–Crippen LogP) is 3.92. The number of ether oxygens (including phenoxy) is 1. The number of allylic oxidation sites excluding steroid dienone is 2. The van der Waals surface area contributed by atoms with Gasteiger partial charge in [-0.3, -0.25) is 14.4 Å². The van der Waals surface area contributed by atoms with E-state index in [4.69, 9.17) is 4.74 Å². The maximum atomic E-state index is 14.0. The Balaban J connectivity index is 1.72. The molecule has 3 aromatic rings. The zero-order valence-electron chi connectivity index (χ0n) is 25.0. The molecule has 5 heterocycles. The lowest BCUT2D eigenvalue weighted by Crippen LogP contribution is -2.25. The standard InChI is InChI=1S/C34H36N4O5/c1-7-18-11-19-12-26-20(8-2)15(3)22(36-26)13-23-16(4)21(9-10-27(39)40)31(37-23)29-30(34(42)43-6)33(41)28-17(5)24(38-32(28)29)14-25(18)35-19/h8,11-14,16,21,30,35-38H,2,7,9-10H2,1,3-6H3,(H,39,40)/b19-12-,23-13-,25-14-,31-29-/t16-,21-,30+/m0/s1. The zero-order chi connectivity index (χ0) is 30.7. The van der Waals surface area contributed by atoms with Crippen molar-refractivity contribution in [3.63, 3.8) is 0 Å². The number of carbonyl (C=O) groups excluding carboxylic acids is 2. The topological polar surface area (TPSA) is 140 Å². The van der Waals surface area contributed by atoms with Crippen LogP contribution in [0.15, 0.2) is 24.0 Å². The molecule has 43 heavy (non-hydrogen) atoms. The number of carboxylic acids is 1. The quantitative estimate of drug-likeness (QED) is 0.221. The van der Waals surface area contributed by atoms with Crippen molar-refractivity contribution in [2.45, 2.75) is 47.0 Å². The van der Waals surface area contributed by atoms with Crippen LogP contribution in [0.4, 0.5) is 0 Å². The van der Waals surface area contributed by atoms with Crippen LogP contribution in [0.25, 0.3) is 29.9 Å². The van der Waals surface area contributed by atoms with E-state index in [-0.39, 0.29) is 24.0 Å². The number of rotatable bonds is 6. The van der Waals surface area contributed by atoms with Crippen molar-refractivity contribution in [3.8, 4) is 0 Å². The lowest BCUT2D eigenvalue weighted by molar-refractivity contribution is -0.142. The molecule has 9 heteroatoms. The van der Waals surface area contributed by atoms with Gasteiger partial charge in [0, 0.05) is 74.1 Å². The highest BCUT2D eigenvalue weighted by atomic mass is 16.5. The SMILES string of the molecule is C=Cc1c2[nH]c(c1C)/C=C1\N/C(=C3\c4[nH]c(c(C)c4C(=O)[C@@H]3C(=O)OC)/C=c3\[nH]/c(cc3CC)=C\2)[C@@H](CCC(=O)O)[C@@H]1C. The minimum atomic E-state index is -1.15. The number of aromatic amines is 3. The fourth-order valence-electron chi connectivity index (χ4n) is 6.92. The van der Waals surface area contributed by atoms with Crippen molar-refractivity contribution in [2.24, 2.45) is 17.8 Å². The number of aliphatic carboxylic acids is 1. The van der Waals surface area contributed by atoms with Gasteiger partial charge in [-0.15, -0.1) is 0 Å². The lowest BCUT2D eigenvalue weighted by Gasteiger charge is -2.19. The fraction of sp³-hybridized carbons (Fsp3) is 0.324. The molecule has 0 unspecified atom stereocenters. The van der Waals surface area contributed by atoms with Gasteiger partial charge in [-0.1, -0.05) is 26.5 Å². The van der Waals surface area contributed by atoms with Gasteiger partial charge in [0.25, 0.3) is 0 Å². The molecular formula is C34H36N4O5. The van der Waals surface area contributed by atoms with Gasteiger partial charge in [-0.25, -0.2) is 0 Å². The van der Waals surface area contributed by atoms with Crippen LogP contribution in [-0.2, 0) is 20.7 Å². The third-order valence-corrected chi connectivity index (χ3v) is 9.29. The number of carboxylic acid groups (broad SMARTS) is 1. The zero-order valence-corrected chi connectivity index (χ0v) is 25.0. The van der Waals surface area contributed by atoms with Crippen LogP contribution in [-0.4, -0.2) is 44.9 Å². The molecule has 222 valence electrons. The molecule has 0 saturated carbocycles.